The summed E-state index contributed by atoms with van der Waals surface area (Å²) in [6.45, 7) is 3.21. The van der Waals surface area contributed by atoms with Crippen LogP contribution in [0.15, 0.2) is 53.9 Å². The van der Waals surface area contributed by atoms with E-state index in [4.69, 9.17) is 4.74 Å². The van der Waals surface area contributed by atoms with Gasteiger partial charge in [0.25, 0.3) is 0 Å². The number of benzene rings is 2. The number of thiazole rings is 1. The Hall–Kier alpha value is -3.19. The maximum atomic E-state index is 12.7. The van der Waals surface area contributed by atoms with Crippen LogP contribution in [0.4, 0.5) is 11.4 Å². The third-order valence-corrected chi connectivity index (χ3v) is 5.78. The molecule has 2 heterocycles. The third kappa shape index (κ3) is 4.36. The van der Waals surface area contributed by atoms with Crippen molar-refractivity contribution in [1.82, 2.24) is 4.98 Å². The van der Waals surface area contributed by atoms with Crippen molar-refractivity contribution in [3.05, 3.63) is 59.6 Å². The van der Waals surface area contributed by atoms with E-state index < -0.39 is 0 Å². The summed E-state index contributed by atoms with van der Waals surface area (Å²) in [5, 5.41) is 5.66. The smallest absolute Gasteiger partial charge is 0.230 e. The summed E-state index contributed by atoms with van der Waals surface area (Å²) in [4.78, 5) is 31.1. The Labute approximate surface area is 179 Å². The summed E-state index contributed by atoms with van der Waals surface area (Å²) in [5.74, 6) is 0.715. The highest BCUT2D eigenvalue weighted by Gasteiger charge is 2.24. The zero-order valence-corrected chi connectivity index (χ0v) is 17.6. The molecule has 4 rings (SSSR count). The summed E-state index contributed by atoms with van der Waals surface area (Å²) < 4.78 is 5.69. The highest BCUT2D eigenvalue weighted by Crippen LogP contribution is 2.33. The van der Waals surface area contributed by atoms with Crippen LogP contribution in [0, 0.1) is 0 Å². The maximum Gasteiger partial charge on any atom is 0.230 e. The average molecular weight is 422 g/mol. The Bertz CT molecular complexity index is 1060. The molecule has 1 fully saturated rings. The number of nitrogens with one attached hydrogen (secondary N) is 1. The molecule has 0 radical (unpaired) electrons. The molecular formula is C23H23N3O3S. The van der Waals surface area contributed by atoms with Crippen molar-refractivity contribution in [3.8, 4) is 16.3 Å². The van der Waals surface area contributed by atoms with Crippen LogP contribution in [0.2, 0.25) is 0 Å². The number of hydrogen-bond acceptors (Lipinski definition) is 5. The first-order valence-corrected chi connectivity index (χ1v) is 10.9. The molecule has 154 valence electrons. The van der Waals surface area contributed by atoms with Crippen LogP contribution in [0.5, 0.6) is 5.75 Å². The van der Waals surface area contributed by atoms with Gasteiger partial charge in [-0.3, -0.25) is 9.59 Å². The molecule has 6 nitrogen and oxygen atoms in total. The molecule has 1 aromatic heterocycles. The number of rotatable bonds is 7. The standard InChI is InChI=1S/C23H23N3O3S/c1-2-29-20-11-6-3-8-17(20)23-24-16(15-30-23)14-21(27)25-18-9-4-5-10-19(18)26-13-7-12-22(26)28/h3-6,8-11,15H,2,7,12-14H2,1H3,(H,25,27). The Morgan fingerprint density at radius 2 is 2.00 bits per heavy atom. The van der Waals surface area contributed by atoms with Crippen molar-refractivity contribution in [3.63, 3.8) is 0 Å². The Kier molecular flexibility index (Phi) is 6.09. The van der Waals surface area contributed by atoms with Gasteiger partial charge in [0.05, 0.1) is 35.7 Å². The molecular weight excluding hydrogens is 398 g/mol. The molecule has 0 saturated carbocycles. The van der Waals surface area contributed by atoms with Gasteiger partial charge in [-0.25, -0.2) is 4.98 Å². The van der Waals surface area contributed by atoms with Crippen molar-refractivity contribution in [2.24, 2.45) is 0 Å². The average Bonchev–Trinajstić information content (AvgIpc) is 3.38. The molecule has 0 aliphatic carbocycles. The van der Waals surface area contributed by atoms with Gasteiger partial charge < -0.3 is 15.0 Å². The normalized spacial score (nSPS) is 13.5. The Morgan fingerprint density at radius 1 is 1.20 bits per heavy atom. The van der Waals surface area contributed by atoms with Gasteiger partial charge in [-0.1, -0.05) is 24.3 Å². The van der Waals surface area contributed by atoms with Crippen molar-refractivity contribution < 1.29 is 14.3 Å². The van der Waals surface area contributed by atoms with E-state index in [1.54, 1.807) is 4.90 Å². The second-order valence-electron chi connectivity index (χ2n) is 6.96. The SMILES string of the molecule is CCOc1ccccc1-c1nc(CC(=O)Nc2ccccc2N2CCCC2=O)cs1. The number of aromatic nitrogens is 1. The molecule has 7 heteroatoms. The number of amides is 2. The zero-order valence-electron chi connectivity index (χ0n) is 16.8. The fraction of sp³-hybridized carbons (Fsp3) is 0.261. The van der Waals surface area contributed by atoms with Crippen molar-refractivity contribution in [2.75, 3.05) is 23.4 Å². The molecule has 1 aliphatic heterocycles. The lowest BCUT2D eigenvalue weighted by molar-refractivity contribution is -0.117. The highest BCUT2D eigenvalue weighted by molar-refractivity contribution is 7.13. The number of ether oxygens (including phenoxy) is 1. The van der Waals surface area contributed by atoms with Crippen molar-refractivity contribution >= 4 is 34.5 Å². The van der Waals surface area contributed by atoms with Crippen LogP contribution in [-0.4, -0.2) is 29.9 Å². The predicted octanol–water partition coefficient (Wildman–Crippen LogP) is 4.52. The monoisotopic (exact) mass is 421 g/mol. The first-order valence-electron chi connectivity index (χ1n) is 10.0. The van der Waals surface area contributed by atoms with Crippen LogP contribution >= 0.6 is 11.3 Å². The lowest BCUT2D eigenvalue weighted by atomic mass is 10.2. The van der Waals surface area contributed by atoms with Gasteiger partial charge in [-0.2, -0.15) is 0 Å². The Balaban J connectivity index is 1.47. The van der Waals surface area contributed by atoms with E-state index in [0.717, 1.165) is 28.4 Å². The molecule has 0 unspecified atom stereocenters. The lowest BCUT2D eigenvalue weighted by Crippen LogP contribution is -2.26. The van der Waals surface area contributed by atoms with Crippen molar-refractivity contribution in [2.45, 2.75) is 26.2 Å². The number of para-hydroxylation sites is 3. The minimum Gasteiger partial charge on any atom is -0.493 e. The zero-order chi connectivity index (χ0) is 20.9. The van der Waals surface area contributed by atoms with Crippen LogP contribution in [0.1, 0.15) is 25.5 Å². The number of carbonyl (C=O) groups excluding carboxylic acids is 2. The number of carbonyl (C=O) groups is 2. The van der Waals surface area contributed by atoms with E-state index >= 15 is 0 Å². The predicted molar refractivity (Wildman–Crippen MR) is 119 cm³/mol. The summed E-state index contributed by atoms with van der Waals surface area (Å²) >= 11 is 1.49. The van der Waals surface area contributed by atoms with E-state index in [1.807, 2.05) is 60.8 Å². The van der Waals surface area contributed by atoms with E-state index in [2.05, 4.69) is 10.3 Å². The quantitative estimate of drug-likeness (QED) is 0.609. The van der Waals surface area contributed by atoms with Gasteiger partial charge in [-0.15, -0.1) is 11.3 Å². The lowest BCUT2D eigenvalue weighted by Gasteiger charge is -2.19. The molecule has 0 bridgehead atoms. The fourth-order valence-electron chi connectivity index (χ4n) is 3.51. The maximum absolute atomic E-state index is 12.7. The van der Waals surface area contributed by atoms with E-state index in [9.17, 15) is 9.59 Å². The highest BCUT2D eigenvalue weighted by atomic mass is 32.1. The number of hydrogen-bond donors (Lipinski definition) is 1. The van der Waals surface area contributed by atoms with Gasteiger partial charge in [0.1, 0.15) is 10.8 Å². The summed E-state index contributed by atoms with van der Waals surface area (Å²) in [6.07, 6.45) is 1.55. The molecule has 1 aliphatic rings. The fourth-order valence-corrected chi connectivity index (χ4v) is 4.36. The van der Waals surface area contributed by atoms with Crippen LogP contribution in [0.3, 0.4) is 0 Å². The Morgan fingerprint density at radius 3 is 2.80 bits per heavy atom. The van der Waals surface area contributed by atoms with Crippen LogP contribution in [-0.2, 0) is 16.0 Å². The first-order chi connectivity index (χ1) is 14.7. The van der Waals surface area contributed by atoms with Crippen LogP contribution in [0.25, 0.3) is 10.6 Å². The summed E-state index contributed by atoms with van der Waals surface area (Å²) in [7, 11) is 0. The second-order valence-corrected chi connectivity index (χ2v) is 7.82. The minimum absolute atomic E-state index is 0.0915. The molecule has 0 atom stereocenters. The van der Waals surface area contributed by atoms with Gasteiger partial charge >= 0.3 is 0 Å². The molecule has 30 heavy (non-hydrogen) atoms. The number of nitrogens with zero attached hydrogens (tertiary/aromatic N) is 2. The largest absolute Gasteiger partial charge is 0.493 e. The third-order valence-electron chi connectivity index (χ3n) is 4.85. The van der Waals surface area contributed by atoms with Gasteiger partial charge in [0.15, 0.2) is 0 Å². The first kappa shape index (κ1) is 20.1. The van der Waals surface area contributed by atoms with Gasteiger partial charge in [-0.05, 0) is 37.6 Å². The molecule has 1 N–H and O–H groups in total. The molecule has 2 aromatic carbocycles. The van der Waals surface area contributed by atoms with E-state index in [1.165, 1.54) is 11.3 Å². The van der Waals surface area contributed by atoms with Gasteiger partial charge in [0, 0.05) is 18.3 Å². The minimum atomic E-state index is -0.163. The van der Waals surface area contributed by atoms with Gasteiger partial charge in [0.2, 0.25) is 11.8 Å². The summed E-state index contributed by atoms with van der Waals surface area (Å²) in [5.41, 5.74) is 3.02. The molecule has 0 spiro atoms. The molecule has 1 saturated heterocycles. The van der Waals surface area contributed by atoms with E-state index in [0.29, 0.717) is 31.0 Å². The van der Waals surface area contributed by atoms with Crippen LogP contribution < -0.4 is 15.0 Å². The number of anilines is 2. The van der Waals surface area contributed by atoms with E-state index in [-0.39, 0.29) is 18.2 Å². The van der Waals surface area contributed by atoms with Crippen molar-refractivity contribution in [1.29, 1.82) is 0 Å². The topological polar surface area (TPSA) is 71.5 Å². The molecule has 3 aromatic rings. The summed E-state index contributed by atoms with van der Waals surface area (Å²) in [6, 6.07) is 15.2. The second kappa shape index (κ2) is 9.09. The molecule has 2 amide bonds.